The molecule has 3 aromatic rings. The first-order valence-corrected chi connectivity index (χ1v) is 10.2. The zero-order chi connectivity index (χ0) is 24.3. The molecular formula is C24H21ClN4O4. The van der Waals surface area contributed by atoms with Gasteiger partial charge in [-0.05, 0) is 68.3 Å². The number of rotatable bonds is 6. The largest absolute Gasteiger partial charge is 0.496 e. The van der Waals surface area contributed by atoms with Crippen LogP contribution in [-0.2, 0) is 4.79 Å². The summed E-state index contributed by atoms with van der Waals surface area (Å²) in [6.45, 7) is 5.37. The van der Waals surface area contributed by atoms with Crippen molar-refractivity contribution in [1.82, 2.24) is 4.57 Å². The minimum Gasteiger partial charge on any atom is -0.496 e. The van der Waals surface area contributed by atoms with Crippen molar-refractivity contribution in [2.24, 2.45) is 0 Å². The summed E-state index contributed by atoms with van der Waals surface area (Å²) in [6.07, 6.45) is 1.46. The van der Waals surface area contributed by atoms with Gasteiger partial charge in [0.05, 0.1) is 18.1 Å². The number of nitro benzene ring substituents is 1. The van der Waals surface area contributed by atoms with Crippen LogP contribution in [-0.4, -0.2) is 22.5 Å². The van der Waals surface area contributed by atoms with E-state index in [1.54, 1.807) is 54.8 Å². The third-order valence-corrected chi connectivity index (χ3v) is 5.44. The molecule has 0 aliphatic heterocycles. The summed E-state index contributed by atoms with van der Waals surface area (Å²) in [5.74, 6) is -0.212. The number of carbonyl (C=O) groups excluding carboxylic acids is 1. The second-order valence-corrected chi connectivity index (χ2v) is 7.79. The molecule has 2 aromatic carbocycles. The van der Waals surface area contributed by atoms with Gasteiger partial charge in [0.1, 0.15) is 23.1 Å². The number of methoxy groups -OCH3 is 1. The van der Waals surface area contributed by atoms with Crippen LogP contribution >= 0.6 is 11.6 Å². The lowest BCUT2D eigenvalue weighted by Gasteiger charge is -2.11. The maximum atomic E-state index is 12.7. The van der Waals surface area contributed by atoms with Gasteiger partial charge in [0.15, 0.2) is 0 Å². The van der Waals surface area contributed by atoms with Crippen LogP contribution in [0.5, 0.6) is 5.75 Å². The summed E-state index contributed by atoms with van der Waals surface area (Å²) >= 11 is 6.01. The van der Waals surface area contributed by atoms with E-state index >= 15 is 0 Å². The van der Waals surface area contributed by atoms with Gasteiger partial charge in [0.25, 0.3) is 11.6 Å². The number of aryl methyl sites for hydroxylation is 2. The summed E-state index contributed by atoms with van der Waals surface area (Å²) < 4.78 is 6.81. The molecule has 0 fully saturated rings. The van der Waals surface area contributed by atoms with E-state index in [1.807, 2.05) is 13.0 Å². The Morgan fingerprint density at radius 1 is 1.21 bits per heavy atom. The van der Waals surface area contributed by atoms with E-state index in [0.29, 0.717) is 39.1 Å². The van der Waals surface area contributed by atoms with Gasteiger partial charge >= 0.3 is 0 Å². The van der Waals surface area contributed by atoms with Gasteiger partial charge in [-0.1, -0.05) is 17.7 Å². The Morgan fingerprint density at radius 2 is 1.94 bits per heavy atom. The Morgan fingerprint density at radius 3 is 2.58 bits per heavy atom. The molecule has 0 saturated heterocycles. The number of halogens is 1. The highest BCUT2D eigenvalue weighted by Crippen LogP contribution is 2.32. The third-order valence-electron chi connectivity index (χ3n) is 5.20. The first-order chi connectivity index (χ1) is 15.7. The molecule has 168 valence electrons. The highest BCUT2D eigenvalue weighted by atomic mass is 35.5. The lowest BCUT2D eigenvalue weighted by atomic mass is 10.1. The molecule has 3 rings (SSSR count). The number of ether oxygens (including phenoxy) is 1. The molecule has 0 spiro atoms. The fourth-order valence-electron chi connectivity index (χ4n) is 3.49. The second kappa shape index (κ2) is 9.59. The van der Waals surface area contributed by atoms with E-state index in [9.17, 15) is 20.2 Å². The summed E-state index contributed by atoms with van der Waals surface area (Å²) in [4.78, 5) is 23.9. The molecule has 33 heavy (non-hydrogen) atoms. The number of nitriles is 1. The molecule has 0 atom stereocenters. The van der Waals surface area contributed by atoms with E-state index in [1.165, 1.54) is 19.3 Å². The van der Waals surface area contributed by atoms with Gasteiger partial charge in [0.2, 0.25) is 0 Å². The molecule has 0 bridgehead atoms. The average molecular weight is 465 g/mol. The Bertz CT molecular complexity index is 1330. The van der Waals surface area contributed by atoms with Gasteiger partial charge in [-0.3, -0.25) is 14.9 Å². The Balaban J connectivity index is 2.03. The van der Waals surface area contributed by atoms with Crippen LogP contribution in [0.15, 0.2) is 48.0 Å². The summed E-state index contributed by atoms with van der Waals surface area (Å²) in [7, 11) is 1.44. The number of nitrogens with zero attached hydrogens (tertiary/aromatic N) is 3. The minimum absolute atomic E-state index is 0.112. The fourth-order valence-corrected chi connectivity index (χ4v) is 3.66. The van der Waals surface area contributed by atoms with Gasteiger partial charge in [0, 0.05) is 22.1 Å². The quantitative estimate of drug-likeness (QED) is 0.223. The first-order valence-electron chi connectivity index (χ1n) is 9.87. The van der Waals surface area contributed by atoms with Crippen molar-refractivity contribution in [1.29, 1.82) is 5.26 Å². The standard InChI is InChI=1S/C24H21ClN4O4/c1-14-5-6-19(25)11-21(14)27-24(30)18(13-26)10-17-9-15(2)28(16(17)3)22-8-7-20(33-4)12-23(22)29(31)32/h5-12H,1-4H3,(H,27,30)/b18-10-. The molecule has 0 saturated carbocycles. The summed E-state index contributed by atoms with van der Waals surface area (Å²) in [5.41, 5.74) is 3.36. The van der Waals surface area contributed by atoms with Crippen LogP contribution in [0.2, 0.25) is 5.02 Å². The van der Waals surface area contributed by atoms with Crippen LogP contribution in [0.4, 0.5) is 11.4 Å². The van der Waals surface area contributed by atoms with E-state index in [-0.39, 0.29) is 11.3 Å². The second-order valence-electron chi connectivity index (χ2n) is 7.36. The molecule has 1 heterocycles. The highest BCUT2D eigenvalue weighted by molar-refractivity contribution is 6.31. The van der Waals surface area contributed by atoms with Gasteiger partial charge in [-0.2, -0.15) is 5.26 Å². The first kappa shape index (κ1) is 23.6. The molecule has 1 aromatic heterocycles. The number of nitro groups is 1. The van der Waals surface area contributed by atoms with Crippen molar-refractivity contribution >= 4 is 35.0 Å². The number of hydrogen-bond acceptors (Lipinski definition) is 5. The lowest BCUT2D eigenvalue weighted by Crippen LogP contribution is -2.14. The third kappa shape index (κ3) is 4.89. The zero-order valence-corrected chi connectivity index (χ0v) is 19.2. The molecular weight excluding hydrogens is 444 g/mol. The van der Waals surface area contributed by atoms with Crippen molar-refractivity contribution in [3.05, 3.63) is 85.7 Å². The molecule has 1 amide bonds. The predicted molar refractivity (Wildman–Crippen MR) is 127 cm³/mol. The fraction of sp³-hybridized carbons (Fsp3) is 0.167. The number of anilines is 1. The van der Waals surface area contributed by atoms with Crippen LogP contribution < -0.4 is 10.1 Å². The van der Waals surface area contributed by atoms with Crippen molar-refractivity contribution in [2.45, 2.75) is 20.8 Å². The molecule has 1 N–H and O–H groups in total. The maximum absolute atomic E-state index is 12.7. The molecule has 0 aliphatic carbocycles. The Hall–Kier alpha value is -4.09. The molecule has 0 radical (unpaired) electrons. The van der Waals surface area contributed by atoms with Gasteiger partial charge < -0.3 is 14.6 Å². The van der Waals surface area contributed by atoms with Crippen LogP contribution in [0.3, 0.4) is 0 Å². The molecule has 0 aliphatic rings. The van der Waals surface area contributed by atoms with E-state index in [2.05, 4.69) is 5.32 Å². The predicted octanol–water partition coefficient (Wildman–Crippen LogP) is 5.52. The topological polar surface area (TPSA) is 110 Å². The van der Waals surface area contributed by atoms with Crippen LogP contribution in [0.1, 0.15) is 22.5 Å². The number of benzene rings is 2. The SMILES string of the molecule is COc1ccc(-n2c(C)cc(/C=C(/C#N)C(=O)Nc3cc(Cl)ccc3C)c2C)c([N+](=O)[O-])c1. The minimum atomic E-state index is -0.580. The summed E-state index contributed by atoms with van der Waals surface area (Å²) in [5, 5.41) is 24.4. The maximum Gasteiger partial charge on any atom is 0.296 e. The van der Waals surface area contributed by atoms with E-state index in [4.69, 9.17) is 16.3 Å². The average Bonchev–Trinajstić information content (AvgIpc) is 3.06. The Kier molecular flexibility index (Phi) is 6.85. The lowest BCUT2D eigenvalue weighted by molar-refractivity contribution is -0.384. The molecule has 0 unspecified atom stereocenters. The van der Waals surface area contributed by atoms with Crippen molar-refractivity contribution in [3.63, 3.8) is 0 Å². The van der Waals surface area contributed by atoms with E-state index in [0.717, 1.165) is 5.56 Å². The molecule has 9 heteroatoms. The monoisotopic (exact) mass is 464 g/mol. The highest BCUT2D eigenvalue weighted by Gasteiger charge is 2.21. The number of nitrogens with one attached hydrogen (secondary N) is 1. The molecule has 8 nitrogen and oxygen atoms in total. The number of hydrogen-bond donors (Lipinski definition) is 1. The van der Waals surface area contributed by atoms with Crippen molar-refractivity contribution in [2.75, 3.05) is 12.4 Å². The van der Waals surface area contributed by atoms with Crippen LogP contribution in [0.25, 0.3) is 11.8 Å². The van der Waals surface area contributed by atoms with Crippen molar-refractivity contribution in [3.8, 4) is 17.5 Å². The van der Waals surface area contributed by atoms with Crippen LogP contribution in [0, 0.1) is 42.2 Å². The van der Waals surface area contributed by atoms with Gasteiger partial charge in [-0.25, -0.2) is 0 Å². The Labute approximate surface area is 195 Å². The smallest absolute Gasteiger partial charge is 0.296 e. The number of carbonyl (C=O) groups is 1. The normalized spacial score (nSPS) is 11.1. The zero-order valence-electron chi connectivity index (χ0n) is 18.5. The number of amides is 1. The number of aromatic nitrogens is 1. The van der Waals surface area contributed by atoms with Gasteiger partial charge in [-0.15, -0.1) is 0 Å². The van der Waals surface area contributed by atoms with E-state index < -0.39 is 10.8 Å². The summed E-state index contributed by atoms with van der Waals surface area (Å²) in [6, 6.07) is 13.4. The van der Waals surface area contributed by atoms with Crippen molar-refractivity contribution < 1.29 is 14.5 Å².